The number of ether oxygens (including phenoxy) is 4. The third-order valence-corrected chi connectivity index (χ3v) is 16.3. The minimum Gasteiger partial charge on any atom is -0.394 e. The Kier molecular flexibility index (Phi) is 51.4. The van der Waals surface area contributed by atoms with Crippen LogP contribution < -0.4 is 5.32 Å². The number of hydrogen-bond acceptors (Lipinski definition) is 13. The predicted octanol–water partition coefficient (Wildman–Crippen LogP) is 13.8. The molecule has 0 aromatic carbocycles. The second-order valence-corrected chi connectivity index (χ2v) is 23.9. The van der Waals surface area contributed by atoms with Gasteiger partial charge in [-0.2, -0.15) is 0 Å². The van der Waals surface area contributed by atoms with Crippen LogP contribution >= 0.6 is 0 Å². The van der Waals surface area contributed by atoms with Crippen LogP contribution in [0.1, 0.15) is 258 Å². The highest BCUT2D eigenvalue weighted by atomic mass is 16.7. The monoisotopic (exact) mass is 1210 g/mol. The Balaban J connectivity index is 1.73. The molecule has 0 spiro atoms. The Bertz CT molecular complexity index is 1810. The Morgan fingerprint density at radius 3 is 1.28 bits per heavy atom. The van der Waals surface area contributed by atoms with Gasteiger partial charge in [-0.1, -0.05) is 265 Å². The predicted molar refractivity (Wildman–Crippen MR) is 350 cm³/mol. The molecule has 2 fully saturated rings. The van der Waals surface area contributed by atoms with Crippen molar-refractivity contribution in [2.75, 3.05) is 19.8 Å². The van der Waals surface area contributed by atoms with Crippen LogP contribution in [0.5, 0.6) is 0 Å². The molecular formula is C72H125NO13. The zero-order valence-electron chi connectivity index (χ0n) is 53.8. The van der Waals surface area contributed by atoms with Gasteiger partial charge in [-0.3, -0.25) is 4.79 Å². The van der Waals surface area contributed by atoms with Crippen LogP contribution in [0.25, 0.3) is 0 Å². The van der Waals surface area contributed by atoms with Crippen LogP contribution in [0, 0.1) is 0 Å². The van der Waals surface area contributed by atoms with E-state index < -0.39 is 86.8 Å². The molecule has 86 heavy (non-hydrogen) atoms. The van der Waals surface area contributed by atoms with Gasteiger partial charge in [0.05, 0.1) is 32.0 Å². The van der Waals surface area contributed by atoms with Crippen LogP contribution in [0.2, 0.25) is 0 Å². The number of hydrogen-bond donors (Lipinski definition) is 9. The van der Waals surface area contributed by atoms with Crippen LogP contribution in [-0.2, 0) is 23.7 Å². The van der Waals surface area contributed by atoms with Crippen molar-refractivity contribution >= 4 is 5.91 Å². The highest BCUT2D eigenvalue weighted by Crippen LogP contribution is 2.30. The lowest BCUT2D eigenvalue weighted by Crippen LogP contribution is -2.65. The summed E-state index contributed by atoms with van der Waals surface area (Å²) in [6.07, 6.45) is 61.7. The normalized spacial score (nSPS) is 24.0. The van der Waals surface area contributed by atoms with E-state index in [9.17, 15) is 45.6 Å². The number of carbonyl (C=O) groups excluding carboxylic acids is 1. The molecule has 2 saturated heterocycles. The first-order valence-electron chi connectivity index (χ1n) is 34.5. The summed E-state index contributed by atoms with van der Waals surface area (Å²) < 4.78 is 22.8. The van der Waals surface area contributed by atoms with Gasteiger partial charge in [-0.25, -0.2) is 0 Å². The van der Waals surface area contributed by atoms with Gasteiger partial charge >= 0.3 is 0 Å². The van der Waals surface area contributed by atoms with Crippen molar-refractivity contribution in [2.45, 2.75) is 331 Å². The Labute approximate surface area is 522 Å². The quantitative estimate of drug-likeness (QED) is 0.0204. The van der Waals surface area contributed by atoms with Gasteiger partial charge in [0, 0.05) is 6.42 Å². The Morgan fingerprint density at radius 2 is 0.814 bits per heavy atom. The van der Waals surface area contributed by atoms with E-state index in [0.717, 1.165) is 89.9 Å². The maximum atomic E-state index is 13.3. The molecule has 2 aliphatic rings. The lowest BCUT2D eigenvalue weighted by molar-refractivity contribution is -0.359. The SMILES string of the molecule is CC/C=C\C/C=C\C/C=C\C/C=C\C/C=C\C/C=C\CCCCCCCCC(=O)NC(COC1OC(CO)C(OC2OC(CO)C(O)C(O)C2O)C(O)C1O)C(O)/C=C/CC/C=C/CCCCCCCCCCCCCCCCCCCCCCC. The number of allylic oxidation sites excluding steroid dienone is 15. The average Bonchev–Trinajstić information content (AvgIpc) is 2.54. The van der Waals surface area contributed by atoms with E-state index in [2.05, 4.69) is 104 Å². The average molecular weight is 1210 g/mol. The maximum Gasteiger partial charge on any atom is 0.220 e. The van der Waals surface area contributed by atoms with E-state index in [1.54, 1.807) is 6.08 Å². The Hall–Kier alpha value is -3.09. The summed E-state index contributed by atoms with van der Waals surface area (Å²) in [5.41, 5.74) is 0. The summed E-state index contributed by atoms with van der Waals surface area (Å²) in [7, 11) is 0. The van der Waals surface area contributed by atoms with E-state index >= 15 is 0 Å². The van der Waals surface area contributed by atoms with E-state index in [4.69, 9.17) is 18.9 Å². The fraction of sp³-hybridized carbons (Fsp3) is 0.764. The topological polar surface area (TPSA) is 228 Å². The molecule has 14 heteroatoms. The van der Waals surface area contributed by atoms with Gasteiger partial charge in [0.25, 0.3) is 0 Å². The highest BCUT2D eigenvalue weighted by molar-refractivity contribution is 5.76. The molecule has 9 N–H and O–H groups in total. The second-order valence-electron chi connectivity index (χ2n) is 23.9. The zero-order chi connectivity index (χ0) is 62.3. The lowest BCUT2D eigenvalue weighted by Gasteiger charge is -2.46. The molecular weight excluding hydrogens is 1090 g/mol. The van der Waals surface area contributed by atoms with Gasteiger partial charge in [-0.15, -0.1) is 0 Å². The number of amides is 1. The molecule has 0 radical (unpaired) electrons. The van der Waals surface area contributed by atoms with Crippen molar-refractivity contribution in [3.05, 3.63) is 97.2 Å². The summed E-state index contributed by atoms with van der Waals surface area (Å²) in [4.78, 5) is 13.3. The molecule has 12 atom stereocenters. The van der Waals surface area contributed by atoms with Crippen LogP contribution in [0.15, 0.2) is 97.2 Å². The van der Waals surface area contributed by atoms with Crippen LogP contribution in [0.4, 0.5) is 0 Å². The molecule has 496 valence electrons. The first-order valence-corrected chi connectivity index (χ1v) is 34.5. The molecule has 1 amide bonds. The number of aliphatic hydroxyl groups excluding tert-OH is 8. The number of carbonyl (C=O) groups is 1. The van der Waals surface area contributed by atoms with Crippen molar-refractivity contribution in [1.82, 2.24) is 5.32 Å². The minimum absolute atomic E-state index is 0.251. The van der Waals surface area contributed by atoms with Gasteiger partial charge in [0.15, 0.2) is 12.6 Å². The minimum atomic E-state index is -1.80. The third-order valence-electron chi connectivity index (χ3n) is 16.3. The number of aliphatic hydroxyl groups is 8. The molecule has 0 bridgehead atoms. The maximum absolute atomic E-state index is 13.3. The standard InChI is InChI=1S/C72H125NO13/c1-3-5-7-9-11-13-15-17-19-21-23-25-27-29-30-32-33-35-37-39-41-43-45-47-49-51-53-55-61(76)60(59-83-71-69(82)67(80)70(63(58-75)85-71)86-72-68(81)66(79)65(78)62(57-74)84-72)73-64(77)56-54-52-50-48-46-44-42-40-38-36-34-31-28-26-24-22-20-18-16-14-12-10-8-6-4-2/h6,8,12,14,18,20,24,26,31,34,38,40,45,47,53,55,60-63,65-72,74-76,78-82H,3-5,7,9-11,13,15-17,19,21-23,25,27-30,32-33,35-37,39,41-44,46,48-52,54,56-59H2,1-2H3,(H,73,77)/b8-6-,14-12-,20-18-,26-24-,34-31-,40-38-,47-45+,55-53+. The van der Waals surface area contributed by atoms with E-state index in [0.29, 0.717) is 12.8 Å². The zero-order valence-corrected chi connectivity index (χ0v) is 53.8. The number of unbranched alkanes of at least 4 members (excludes halogenated alkanes) is 28. The summed E-state index contributed by atoms with van der Waals surface area (Å²) in [5.74, 6) is -0.266. The van der Waals surface area contributed by atoms with Gasteiger partial charge in [-0.05, 0) is 83.5 Å². The molecule has 0 aromatic heterocycles. The van der Waals surface area contributed by atoms with Crippen molar-refractivity contribution in [2.24, 2.45) is 0 Å². The summed E-state index contributed by atoms with van der Waals surface area (Å²) >= 11 is 0. The van der Waals surface area contributed by atoms with Crippen molar-refractivity contribution < 1.29 is 64.6 Å². The number of nitrogens with one attached hydrogen (secondary N) is 1. The van der Waals surface area contributed by atoms with Crippen LogP contribution in [0.3, 0.4) is 0 Å². The lowest BCUT2D eigenvalue weighted by atomic mass is 9.97. The fourth-order valence-corrected chi connectivity index (χ4v) is 10.8. The molecule has 0 saturated carbocycles. The first kappa shape index (κ1) is 79.0. The highest BCUT2D eigenvalue weighted by Gasteiger charge is 2.51. The van der Waals surface area contributed by atoms with E-state index in [1.165, 1.54) is 135 Å². The Morgan fingerprint density at radius 1 is 0.430 bits per heavy atom. The van der Waals surface area contributed by atoms with E-state index in [-0.39, 0.29) is 18.9 Å². The molecule has 12 unspecified atom stereocenters. The molecule has 2 heterocycles. The van der Waals surface area contributed by atoms with Crippen LogP contribution in [-0.4, -0.2) is 140 Å². The molecule has 14 nitrogen and oxygen atoms in total. The summed E-state index contributed by atoms with van der Waals surface area (Å²) in [5, 5.41) is 87.4. The van der Waals surface area contributed by atoms with Gasteiger partial charge in [0.1, 0.15) is 48.8 Å². The fourth-order valence-electron chi connectivity index (χ4n) is 10.8. The van der Waals surface area contributed by atoms with Crippen molar-refractivity contribution in [3.63, 3.8) is 0 Å². The first-order chi connectivity index (χ1) is 42.1. The number of rotatable bonds is 55. The smallest absolute Gasteiger partial charge is 0.220 e. The van der Waals surface area contributed by atoms with E-state index in [1.807, 2.05) is 6.08 Å². The molecule has 0 aromatic rings. The van der Waals surface area contributed by atoms with Crippen molar-refractivity contribution in [3.8, 4) is 0 Å². The second kappa shape index (κ2) is 55.9. The summed E-state index contributed by atoms with van der Waals surface area (Å²) in [6.45, 7) is 2.67. The third kappa shape index (κ3) is 39.8. The molecule has 2 rings (SSSR count). The van der Waals surface area contributed by atoms with Gasteiger partial charge in [0.2, 0.25) is 5.91 Å². The van der Waals surface area contributed by atoms with Gasteiger partial charge < -0.3 is 65.1 Å². The molecule has 2 aliphatic heterocycles. The van der Waals surface area contributed by atoms with Crippen molar-refractivity contribution in [1.29, 1.82) is 0 Å². The largest absolute Gasteiger partial charge is 0.394 e. The molecule has 0 aliphatic carbocycles. The summed E-state index contributed by atoms with van der Waals surface area (Å²) in [6, 6.07) is -0.948.